The highest BCUT2D eigenvalue weighted by molar-refractivity contribution is 5.86. The van der Waals surface area contributed by atoms with Crippen LogP contribution >= 0.6 is 0 Å². The van der Waals surface area contributed by atoms with Gasteiger partial charge in [-0.2, -0.15) is 0 Å². The lowest BCUT2D eigenvalue weighted by atomic mass is 10.0. The zero-order chi connectivity index (χ0) is 19.4. The zero-order valence-corrected chi connectivity index (χ0v) is 17.0. The predicted molar refractivity (Wildman–Crippen MR) is 106 cm³/mol. The molecule has 7 nitrogen and oxygen atoms in total. The van der Waals surface area contributed by atoms with E-state index in [0.717, 1.165) is 6.54 Å². The topological polar surface area (TPSA) is 77.0 Å². The van der Waals surface area contributed by atoms with E-state index in [1.54, 1.807) is 0 Å². The molecule has 0 heterocycles. The highest BCUT2D eigenvalue weighted by Gasteiger charge is 2.18. The third kappa shape index (κ3) is 8.06. The van der Waals surface area contributed by atoms with Crippen LogP contribution in [0.25, 0.3) is 0 Å². The van der Waals surface area contributed by atoms with Crippen molar-refractivity contribution in [2.45, 2.75) is 52.9 Å². The quantitative estimate of drug-likeness (QED) is 0.348. The molecule has 0 aliphatic heterocycles. The van der Waals surface area contributed by atoms with Crippen molar-refractivity contribution in [3.8, 4) is 0 Å². The fourth-order valence-corrected chi connectivity index (χ4v) is 3.33. The first-order valence-corrected chi connectivity index (χ1v) is 10.1. The second-order valence-electron chi connectivity index (χ2n) is 6.86. The lowest BCUT2D eigenvalue weighted by molar-refractivity contribution is -0.131. The average molecular weight is 368 g/mol. The first kappa shape index (κ1) is 22.3. The number of guanidine groups is 1. The molecule has 26 heavy (non-hydrogen) atoms. The van der Waals surface area contributed by atoms with Gasteiger partial charge in [-0.05, 0) is 39.5 Å². The monoisotopic (exact) mass is 367 g/mol. The Morgan fingerprint density at radius 2 is 1.73 bits per heavy atom. The van der Waals surface area contributed by atoms with Crippen molar-refractivity contribution in [2.75, 3.05) is 46.3 Å². The van der Waals surface area contributed by atoms with E-state index in [0.29, 0.717) is 51.0 Å². The molecule has 0 aromatic heterocycles. The van der Waals surface area contributed by atoms with E-state index in [2.05, 4.69) is 15.6 Å². The molecule has 2 amide bonds. The van der Waals surface area contributed by atoms with Gasteiger partial charge in [-0.25, -0.2) is 0 Å². The van der Waals surface area contributed by atoms with Crippen molar-refractivity contribution < 1.29 is 9.59 Å². The number of hydrogen-bond donors (Lipinski definition) is 2. The maximum absolute atomic E-state index is 12.3. The summed E-state index contributed by atoms with van der Waals surface area (Å²) in [7, 11) is 1.86. The number of likely N-dealkylation sites (N-methyl/N-ethyl adjacent to an activating group) is 2. The smallest absolute Gasteiger partial charge is 0.242 e. The second-order valence-corrected chi connectivity index (χ2v) is 6.86. The summed E-state index contributed by atoms with van der Waals surface area (Å²) in [6.07, 6.45) is 5.52. The van der Waals surface area contributed by atoms with Crippen molar-refractivity contribution in [2.24, 2.45) is 10.9 Å². The van der Waals surface area contributed by atoms with E-state index < -0.39 is 0 Å². The average Bonchev–Trinajstić information content (AvgIpc) is 3.11. The largest absolute Gasteiger partial charge is 0.357 e. The summed E-state index contributed by atoms with van der Waals surface area (Å²) >= 11 is 0. The molecule has 0 radical (unpaired) electrons. The highest BCUT2D eigenvalue weighted by Crippen LogP contribution is 2.27. The van der Waals surface area contributed by atoms with Gasteiger partial charge in [0.2, 0.25) is 11.8 Å². The summed E-state index contributed by atoms with van der Waals surface area (Å²) in [5, 5.41) is 6.16. The number of nitrogens with zero attached hydrogens (tertiary/aromatic N) is 3. The van der Waals surface area contributed by atoms with Crippen LogP contribution in [0.4, 0.5) is 0 Å². The molecule has 1 saturated carbocycles. The number of carbonyl (C=O) groups excluding carboxylic acids is 2. The van der Waals surface area contributed by atoms with Gasteiger partial charge in [0.25, 0.3) is 0 Å². The first-order chi connectivity index (χ1) is 12.5. The summed E-state index contributed by atoms with van der Waals surface area (Å²) in [6, 6.07) is 0. The van der Waals surface area contributed by atoms with Crippen molar-refractivity contribution >= 4 is 17.8 Å². The van der Waals surface area contributed by atoms with Crippen LogP contribution in [0.15, 0.2) is 4.99 Å². The minimum atomic E-state index is 0.0907. The van der Waals surface area contributed by atoms with E-state index in [4.69, 9.17) is 0 Å². The van der Waals surface area contributed by atoms with Gasteiger partial charge in [-0.15, -0.1) is 0 Å². The van der Waals surface area contributed by atoms with Crippen molar-refractivity contribution in [3.05, 3.63) is 0 Å². The normalized spacial score (nSPS) is 15.0. The van der Waals surface area contributed by atoms with Crippen LogP contribution in [0.2, 0.25) is 0 Å². The third-order valence-corrected chi connectivity index (χ3v) is 4.83. The molecule has 0 bridgehead atoms. The first-order valence-electron chi connectivity index (χ1n) is 10.1. The lowest BCUT2D eigenvalue weighted by Gasteiger charge is -2.25. The highest BCUT2D eigenvalue weighted by atomic mass is 16.2. The van der Waals surface area contributed by atoms with Gasteiger partial charge in [0, 0.05) is 39.6 Å². The maximum atomic E-state index is 12.3. The number of hydrogen-bond acceptors (Lipinski definition) is 3. The van der Waals surface area contributed by atoms with E-state index >= 15 is 0 Å². The van der Waals surface area contributed by atoms with E-state index in [9.17, 15) is 9.59 Å². The Labute approximate surface area is 158 Å². The van der Waals surface area contributed by atoms with Crippen LogP contribution < -0.4 is 10.6 Å². The molecule has 1 aliphatic rings. The second kappa shape index (κ2) is 12.5. The number of nitrogens with one attached hydrogen (secondary N) is 2. The molecule has 0 unspecified atom stereocenters. The van der Waals surface area contributed by atoms with Crippen LogP contribution in [0.5, 0.6) is 0 Å². The van der Waals surface area contributed by atoms with Crippen LogP contribution in [-0.4, -0.2) is 73.9 Å². The van der Waals surface area contributed by atoms with Crippen LogP contribution in [0.1, 0.15) is 52.9 Å². The Balaban J connectivity index is 2.41. The van der Waals surface area contributed by atoms with Crippen LogP contribution in [-0.2, 0) is 9.59 Å². The molecule has 0 spiro atoms. The van der Waals surface area contributed by atoms with Crippen molar-refractivity contribution in [3.63, 3.8) is 0 Å². The molecular formula is C19H37N5O2. The number of aliphatic imine (C=N–C) groups is 1. The van der Waals surface area contributed by atoms with Gasteiger partial charge in [-0.3, -0.25) is 14.6 Å². The minimum Gasteiger partial charge on any atom is -0.357 e. The van der Waals surface area contributed by atoms with Gasteiger partial charge in [-0.1, -0.05) is 12.8 Å². The Hall–Kier alpha value is -1.79. The molecule has 1 aliphatic carbocycles. The van der Waals surface area contributed by atoms with Crippen LogP contribution in [0.3, 0.4) is 0 Å². The molecule has 2 N–H and O–H groups in total. The summed E-state index contributed by atoms with van der Waals surface area (Å²) in [4.78, 5) is 32.4. The predicted octanol–water partition coefficient (Wildman–Crippen LogP) is 1.45. The summed E-state index contributed by atoms with van der Waals surface area (Å²) < 4.78 is 0. The van der Waals surface area contributed by atoms with E-state index in [1.165, 1.54) is 25.7 Å². The van der Waals surface area contributed by atoms with Gasteiger partial charge < -0.3 is 20.4 Å². The molecule has 0 aromatic rings. The molecule has 0 saturated heterocycles. The fraction of sp³-hybridized carbons (Fsp3) is 0.842. The summed E-state index contributed by atoms with van der Waals surface area (Å²) in [6.45, 7) is 9.44. The molecule has 150 valence electrons. The van der Waals surface area contributed by atoms with Gasteiger partial charge in [0.15, 0.2) is 5.96 Å². The Kier molecular flexibility index (Phi) is 10.7. The van der Waals surface area contributed by atoms with Crippen molar-refractivity contribution in [1.82, 2.24) is 20.4 Å². The van der Waals surface area contributed by atoms with E-state index in [1.807, 2.05) is 37.6 Å². The summed E-state index contributed by atoms with van der Waals surface area (Å²) in [5.41, 5.74) is 0. The lowest BCUT2D eigenvalue weighted by Crippen LogP contribution is -2.46. The Morgan fingerprint density at radius 3 is 2.31 bits per heavy atom. The molecule has 1 rings (SSSR count). The van der Waals surface area contributed by atoms with Crippen molar-refractivity contribution in [1.29, 1.82) is 0 Å². The van der Waals surface area contributed by atoms with Gasteiger partial charge in [0.05, 0.1) is 13.1 Å². The minimum absolute atomic E-state index is 0.0907. The molecular weight excluding hydrogens is 330 g/mol. The molecule has 0 aromatic carbocycles. The number of amides is 2. The van der Waals surface area contributed by atoms with Gasteiger partial charge in [0.1, 0.15) is 0 Å². The standard InChI is InChI=1S/C19H37N5O2/c1-5-20-19(23(4)15-18(26)24(6-2)7-3)22-13-12-21-17(25)14-16-10-8-9-11-16/h16H,5-15H2,1-4H3,(H,20,22)(H,21,25). The third-order valence-electron chi connectivity index (χ3n) is 4.83. The van der Waals surface area contributed by atoms with Gasteiger partial charge >= 0.3 is 0 Å². The Bertz CT molecular complexity index is 457. The van der Waals surface area contributed by atoms with Crippen LogP contribution in [0, 0.1) is 5.92 Å². The van der Waals surface area contributed by atoms with E-state index in [-0.39, 0.29) is 11.8 Å². The molecule has 7 heteroatoms. The fourth-order valence-electron chi connectivity index (χ4n) is 3.33. The summed E-state index contributed by atoms with van der Waals surface area (Å²) in [5.74, 6) is 1.47. The molecule has 1 fully saturated rings. The maximum Gasteiger partial charge on any atom is 0.242 e. The number of rotatable bonds is 10. The SMILES string of the molecule is CCNC(=NCCNC(=O)CC1CCCC1)N(C)CC(=O)N(CC)CC. The zero-order valence-electron chi connectivity index (χ0n) is 17.0. The Morgan fingerprint density at radius 1 is 1.08 bits per heavy atom. The molecule has 0 atom stereocenters. The number of carbonyl (C=O) groups is 2.